The molecule has 5 aromatic rings. The van der Waals surface area contributed by atoms with Crippen molar-refractivity contribution < 1.29 is 92.3 Å². The number of aliphatic hydroxyl groups excluding tert-OH is 3. The number of H-pyrrole nitrogens is 1. The van der Waals surface area contributed by atoms with Gasteiger partial charge in [0, 0.05) is 47.9 Å². The van der Waals surface area contributed by atoms with Crippen molar-refractivity contribution >= 4 is 121 Å². The predicted molar refractivity (Wildman–Crippen MR) is 434 cm³/mol. The summed E-state index contributed by atoms with van der Waals surface area (Å²) in [4.78, 5) is 218. The number of carboxylic acid groups (broad SMARTS) is 1. The number of para-hydroxylation sites is 1. The number of carbonyl (C=O) groups excluding carboxylic acids is 14. The maximum atomic E-state index is 15.6. The highest BCUT2D eigenvalue weighted by Crippen LogP contribution is 2.27. The van der Waals surface area contributed by atoms with Gasteiger partial charge in [-0.1, -0.05) is 118 Å². The van der Waals surface area contributed by atoms with Crippen LogP contribution in [-0.4, -0.2) is 237 Å². The van der Waals surface area contributed by atoms with E-state index in [9.17, 15) is 73.2 Å². The van der Waals surface area contributed by atoms with Crippen LogP contribution >= 0.6 is 21.6 Å². The number of nitrogens with two attached hydrogens (primary N) is 4. The molecule has 39 heteroatoms. The van der Waals surface area contributed by atoms with Crippen molar-refractivity contribution in [2.24, 2.45) is 22.9 Å². The SMILES string of the molecule is Cc1cc(C)c([C@H]2NC(=O)[C@H](CC(N)=O)NC(=O)[C@H](CCCCN)NC(=O)[C@@H](NC(=O)CNC(=O)[C@H](C)N)CSSC[C@@H](C(=O)O)NC(=O)[C@H](CO)NC(=O)[C@H]([C@@H](C)O)NC(=O)[C@H](Cc3ccccc3)NC(=O)[C@H]([C@@H](C)O)NC(=O)[C@H](CCCCN)NC(=O)[C@H](Cc3c[nH]c4ccccc34)NC(=O)[C@H](Cc3ccccc3)NC2=O)c(C)c1. The van der Waals surface area contributed by atoms with Crippen LogP contribution in [0.5, 0.6) is 0 Å². The third kappa shape index (κ3) is 29.9. The number of unbranched alkanes of at least 4 members (excludes halogenated alkanes) is 2. The molecule has 0 bridgehead atoms. The molecule has 15 atom stereocenters. The second-order valence-electron chi connectivity index (χ2n) is 28.6. The lowest BCUT2D eigenvalue weighted by Gasteiger charge is -2.30. The summed E-state index contributed by atoms with van der Waals surface area (Å²) in [5.74, 6) is -17.8. The van der Waals surface area contributed by atoms with Gasteiger partial charge in [0.2, 0.25) is 82.7 Å². The first-order valence-electron chi connectivity index (χ1n) is 38.1. The minimum absolute atomic E-state index is 0.100. The lowest BCUT2D eigenvalue weighted by atomic mass is 9.92. The molecule has 0 saturated carbocycles. The van der Waals surface area contributed by atoms with Crippen molar-refractivity contribution in [2.75, 3.05) is 37.7 Å². The number of aromatic nitrogens is 1. The molecular weight excluding hydrogens is 1560 g/mol. The van der Waals surface area contributed by atoms with Crippen molar-refractivity contribution in [1.29, 1.82) is 0 Å². The van der Waals surface area contributed by atoms with E-state index < -0.39 is 210 Å². The van der Waals surface area contributed by atoms with Crippen LogP contribution in [0.15, 0.2) is 103 Å². The number of hydrogen-bond donors (Lipinski definition) is 22. The third-order valence-corrected chi connectivity index (χ3v) is 21.4. The Morgan fingerprint density at radius 3 is 1.46 bits per heavy atom. The molecule has 1 aliphatic heterocycles. The van der Waals surface area contributed by atoms with Crippen molar-refractivity contribution in [3.8, 4) is 0 Å². The van der Waals surface area contributed by atoms with Gasteiger partial charge in [-0.2, -0.15) is 0 Å². The highest BCUT2D eigenvalue weighted by Gasteiger charge is 2.40. The Bertz CT molecular complexity index is 4270. The van der Waals surface area contributed by atoms with Crippen molar-refractivity contribution in [1.82, 2.24) is 74.1 Å². The summed E-state index contributed by atoms with van der Waals surface area (Å²) >= 11 is 0. The lowest BCUT2D eigenvalue weighted by Crippen LogP contribution is -2.63. The molecule has 6 rings (SSSR count). The highest BCUT2D eigenvalue weighted by atomic mass is 33.1. The van der Waals surface area contributed by atoms with E-state index in [2.05, 4.69) is 74.1 Å². The number of aliphatic carboxylic acids is 1. The minimum Gasteiger partial charge on any atom is -0.480 e. The second kappa shape index (κ2) is 47.2. The molecule has 0 radical (unpaired) electrons. The van der Waals surface area contributed by atoms with Gasteiger partial charge in [0.05, 0.1) is 37.8 Å². The molecule has 1 aromatic heterocycles. The van der Waals surface area contributed by atoms with Crippen LogP contribution in [0.4, 0.5) is 0 Å². The number of carbonyl (C=O) groups is 15. The molecule has 0 spiro atoms. The minimum atomic E-state index is -1.99. The monoisotopic (exact) mass is 1660 g/mol. The van der Waals surface area contributed by atoms with Gasteiger partial charge >= 0.3 is 5.97 Å². The van der Waals surface area contributed by atoms with Crippen LogP contribution in [0, 0.1) is 20.8 Å². The van der Waals surface area contributed by atoms with Gasteiger partial charge in [-0.25, -0.2) is 4.79 Å². The standard InChI is InChI=1S/C78H108N18O19S2/c1-40-29-41(2)62(42(3)30-40)65-77(113)91-53(31-46-19-9-7-10-20-46)69(105)88-55(33-48-35-83-50-24-14-13-23-49(48)50)70(106)86-52(26-16-18-28-80)68(104)94-63(44(5)98)75(111)90-54(32-47-21-11-8-12-22-47)71(107)95-64(45(6)99)76(112)92-57(37-97)73(109)93-59(78(114)115)39-117-116-38-58(85-61(101)36-84-66(102)43(4)81)74(110)87-51(25-15-17-27-79)67(103)89-56(34-60(82)100)72(108)96-65/h7-14,19-24,29-30,35,43-45,51-59,63-65,83,97-99H,15-18,25-28,31-34,36-39,79-81H2,1-6H3,(H2,82,100)(H,84,102)(H,85,101)(H,86,106)(H,87,110)(H,88,105)(H,89,103)(H,90,111)(H,91,113)(H,92,112)(H,93,109)(H,94,104)(H,95,107)(H,96,108)(H,114,115)/t43-,44+,45+,51-,52-,53-,54-,55-,56-,57-,58-,59-,63-,64-,65+/m0/s1. The maximum Gasteiger partial charge on any atom is 0.327 e. The fraction of sp³-hybridized carbons (Fsp3) is 0.474. The summed E-state index contributed by atoms with van der Waals surface area (Å²) in [7, 11) is 1.49. The highest BCUT2D eigenvalue weighted by molar-refractivity contribution is 8.76. The van der Waals surface area contributed by atoms with Crippen molar-refractivity contribution in [2.45, 2.75) is 197 Å². The Morgan fingerprint density at radius 1 is 0.513 bits per heavy atom. The van der Waals surface area contributed by atoms with E-state index in [-0.39, 0.29) is 70.0 Å². The number of aliphatic hydroxyl groups is 3. The number of fused-ring (bicyclic) bond motifs is 1. The fourth-order valence-corrected chi connectivity index (χ4v) is 15.1. The molecule has 26 N–H and O–H groups in total. The van der Waals surface area contributed by atoms with Crippen LogP contribution < -0.4 is 92.1 Å². The summed E-state index contributed by atoms with van der Waals surface area (Å²) in [5.41, 5.74) is 27.1. The van der Waals surface area contributed by atoms with Gasteiger partial charge < -0.3 is 117 Å². The van der Waals surface area contributed by atoms with E-state index in [4.69, 9.17) is 22.9 Å². The molecule has 636 valence electrons. The number of primary amides is 1. The van der Waals surface area contributed by atoms with E-state index in [0.717, 1.165) is 41.0 Å². The number of nitrogens with one attached hydrogen (secondary N) is 14. The van der Waals surface area contributed by atoms with Crippen LogP contribution in [0.3, 0.4) is 0 Å². The molecule has 4 aromatic carbocycles. The summed E-state index contributed by atoms with van der Waals surface area (Å²) in [6, 6.07) is 4.57. The van der Waals surface area contributed by atoms with Crippen LogP contribution in [-0.2, 0) is 91.2 Å². The summed E-state index contributed by atoms with van der Waals surface area (Å²) in [6.07, 6.45) is -3.24. The van der Waals surface area contributed by atoms with Gasteiger partial charge in [0.1, 0.15) is 72.5 Å². The largest absolute Gasteiger partial charge is 0.480 e. The Morgan fingerprint density at radius 2 is 0.949 bits per heavy atom. The van der Waals surface area contributed by atoms with E-state index >= 15 is 19.2 Å². The first kappa shape index (κ1) is 94.8. The van der Waals surface area contributed by atoms with Gasteiger partial charge in [-0.3, -0.25) is 67.1 Å². The summed E-state index contributed by atoms with van der Waals surface area (Å²) in [5, 5.41) is 76.4. The zero-order valence-corrected chi connectivity index (χ0v) is 67.5. The number of hydrogen-bond acceptors (Lipinski definition) is 23. The van der Waals surface area contributed by atoms with E-state index in [0.29, 0.717) is 45.1 Å². The van der Waals surface area contributed by atoms with Crippen LogP contribution in [0.25, 0.3) is 10.9 Å². The topological polar surface area (TPSA) is 613 Å². The fourth-order valence-electron chi connectivity index (χ4n) is 12.8. The zero-order valence-electron chi connectivity index (χ0n) is 65.8. The first-order chi connectivity index (χ1) is 55.6. The Hall–Kier alpha value is -11.1. The normalized spacial score (nSPS) is 23.6. The molecule has 117 heavy (non-hydrogen) atoms. The average Bonchev–Trinajstić information content (AvgIpc) is 1.73. The smallest absolute Gasteiger partial charge is 0.327 e. The number of aromatic amines is 1. The molecule has 2 heterocycles. The van der Waals surface area contributed by atoms with Crippen molar-refractivity contribution in [3.63, 3.8) is 0 Å². The summed E-state index contributed by atoms with van der Waals surface area (Å²) in [6.45, 7) is 6.95. The zero-order chi connectivity index (χ0) is 86.2. The van der Waals surface area contributed by atoms with E-state index in [1.165, 1.54) is 6.92 Å². The number of carboxylic acids is 1. The van der Waals surface area contributed by atoms with Gasteiger partial charge in [-0.15, -0.1) is 0 Å². The molecule has 1 fully saturated rings. The Balaban J connectivity index is 1.50. The van der Waals surface area contributed by atoms with Crippen LogP contribution in [0.2, 0.25) is 0 Å². The number of amides is 14. The average molecular weight is 1670 g/mol. The number of rotatable bonds is 25. The summed E-state index contributed by atoms with van der Waals surface area (Å²) < 4.78 is 0. The van der Waals surface area contributed by atoms with Crippen LogP contribution in [0.1, 0.15) is 111 Å². The Labute approximate surface area is 683 Å². The maximum absolute atomic E-state index is 15.6. The molecular formula is C78H108N18O19S2. The van der Waals surface area contributed by atoms with E-state index in [1.807, 2.05) is 0 Å². The van der Waals surface area contributed by atoms with Gasteiger partial charge in [0.25, 0.3) is 0 Å². The molecule has 0 aliphatic carbocycles. The second-order valence-corrected chi connectivity index (χ2v) is 31.1. The molecule has 14 amide bonds. The number of aryl methyl sites for hydroxylation is 3. The predicted octanol–water partition coefficient (Wildman–Crippen LogP) is -3.86. The van der Waals surface area contributed by atoms with E-state index in [1.54, 1.807) is 124 Å². The quantitative estimate of drug-likeness (QED) is 0.0196. The molecule has 37 nitrogen and oxygen atoms in total. The Kier molecular flexibility index (Phi) is 38.3. The lowest BCUT2D eigenvalue weighted by molar-refractivity contribution is -0.142. The van der Waals surface area contributed by atoms with Crippen molar-refractivity contribution in [3.05, 3.63) is 142 Å². The first-order valence-corrected chi connectivity index (χ1v) is 40.6. The van der Waals surface area contributed by atoms with Gasteiger partial charge in [0.15, 0.2) is 0 Å². The molecule has 0 unspecified atom stereocenters. The number of benzene rings is 4. The van der Waals surface area contributed by atoms with Gasteiger partial charge in [-0.05, 0) is 133 Å². The third-order valence-electron chi connectivity index (χ3n) is 18.9. The molecule has 1 saturated heterocycles. The molecule has 1 aliphatic rings.